The Morgan fingerprint density at radius 1 is 1.38 bits per heavy atom. The van der Waals surface area contributed by atoms with Crippen LogP contribution in [0.5, 0.6) is 0 Å². The van der Waals surface area contributed by atoms with Gasteiger partial charge in [-0.15, -0.1) is 0 Å². The van der Waals surface area contributed by atoms with Crippen molar-refractivity contribution in [1.82, 2.24) is 4.57 Å². The molecule has 0 fully saturated rings. The zero-order chi connectivity index (χ0) is 16.4. The molecule has 0 saturated heterocycles. The maximum Gasteiger partial charge on any atom is 0.391 e. The number of halogens is 3. The van der Waals surface area contributed by atoms with Crippen molar-refractivity contribution in [3.63, 3.8) is 0 Å². The van der Waals surface area contributed by atoms with Crippen LogP contribution in [0.1, 0.15) is 47.9 Å². The minimum absolute atomic E-state index is 0.144. The van der Waals surface area contributed by atoms with E-state index in [1.165, 1.54) is 13.8 Å². The second-order valence-electron chi connectivity index (χ2n) is 4.88. The number of alkyl halides is 3. The van der Waals surface area contributed by atoms with Gasteiger partial charge in [0.1, 0.15) is 0 Å². The molecule has 0 amide bonds. The molecule has 21 heavy (non-hydrogen) atoms. The van der Waals surface area contributed by atoms with Gasteiger partial charge in [-0.1, -0.05) is 0 Å². The maximum atomic E-state index is 12.5. The van der Waals surface area contributed by atoms with E-state index in [-0.39, 0.29) is 17.9 Å². The molecule has 4 nitrogen and oxygen atoms in total. The number of carbonyl (C=O) groups excluding carboxylic acids is 1. The minimum Gasteiger partial charge on any atom is -0.462 e. The summed E-state index contributed by atoms with van der Waals surface area (Å²) < 4.78 is 43.4. The molecule has 0 aliphatic rings. The molecule has 7 heteroatoms. The van der Waals surface area contributed by atoms with Crippen LogP contribution in [0.3, 0.4) is 0 Å². The van der Waals surface area contributed by atoms with Gasteiger partial charge in [0, 0.05) is 17.8 Å². The van der Waals surface area contributed by atoms with Crippen LogP contribution in [0.15, 0.2) is 10.9 Å². The second kappa shape index (κ2) is 6.32. The Morgan fingerprint density at radius 2 is 1.95 bits per heavy atom. The lowest BCUT2D eigenvalue weighted by molar-refractivity contribution is -0.141. The van der Waals surface area contributed by atoms with Crippen LogP contribution in [0.25, 0.3) is 0 Å². The lowest BCUT2D eigenvalue weighted by Crippen LogP contribution is -2.30. The van der Waals surface area contributed by atoms with Gasteiger partial charge in [0.25, 0.3) is 5.56 Å². The van der Waals surface area contributed by atoms with Gasteiger partial charge < -0.3 is 9.30 Å². The fraction of sp³-hybridized carbons (Fsp3) is 0.571. The number of esters is 1. The monoisotopic (exact) mass is 305 g/mol. The van der Waals surface area contributed by atoms with E-state index in [0.717, 1.165) is 10.6 Å². The van der Waals surface area contributed by atoms with Crippen molar-refractivity contribution in [1.29, 1.82) is 0 Å². The van der Waals surface area contributed by atoms with Crippen LogP contribution in [0.2, 0.25) is 0 Å². The number of nitrogens with zero attached hydrogens (tertiary/aromatic N) is 1. The fourth-order valence-electron chi connectivity index (χ4n) is 2.38. The summed E-state index contributed by atoms with van der Waals surface area (Å²) in [5, 5.41) is 0. The molecule has 0 spiro atoms. The number of ether oxygens (including phenoxy) is 1. The summed E-state index contributed by atoms with van der Waals surface area (Å²) in [5.74, 6) is -0.638. The summed E-state index contributed by atoms with van der Waals surface area (Å²) >= 11 is 0. The van der Waals surface area contributed by atoms with Crippen molar-refractivity contribution in [2.75, 3.05) is 6.61 Å². The van der Waals surface area contributed by atoms with Gasteiger partial charge in [0.15, 0.2) is 0 Å². The number of rotatable bonds is 4. The largest absolute Gasteiger partial charge is 0.462 e. The lowest BCUT2D eigenvalue weighted by atomic mass is 10.1. The van der Waals surface area contributed by atoms with Gasteiger partial charge in [-0.2, -0.15) is 13.2 Å². The van der Waals surface area contributed by atoms with E-state index in [1.54, 1.807) is 13.8 Å². The highest BCUT2D eigenvalue weighted by atomic mass is 19.4. The Labute approximate surface area is 120 Å². The van der Waals surface area contributed by atoms with Gasteiger partial charge in [0.2, 0.25) is 0 Å². The zero-order valence-corrected chi connectivity index (χ0v) is 12.4. The number of hydrogen-bond acceptors (Lipinski definition) is 3. The summed E-state index contributed by atoms with van der Waals surface area (Å²) in [6.45, 7) is 6.08. The smallest absolute Gasteiger partial charge is 0.391 e. The molecule has 118 valence electrons. The molecule has 0 N–H and O–H groups in total. The molecule has 0 aliphatic heterocycles. The van der Waals surface area contributed by atoms with Crippen LogP contribution < -0.4 is 5.56 Å². The minimum atomic E-state index is -4.39. The van der Waals surface area contributed by atoms with E-state index in [4.69, 9.17) is 4.74 Å². The van der Waals surface area contributed by atoms with Crippen molar-refractivity contribution in [3.05, 3.63) is 33.2 Å². The number of aryl methyl sites for hydroxylation is 1. The van der Waals surface area contributed by atoms with E-state index in [9.17, 15) is 22.8 Å². The standard InChI is InChI=1S/C14H18F3NO3/c1-5-21-13(20)12-8(2)6-11(19)18(10(12)4)9(3)7-14(15,16)17/h6,9H,5,7H2,1-4H3. The zero-order valence-electron chi connectivity index (χ0n) is 12.4. The Hall–Kier alpha value is -1.79. The van der Waals surface area contributed by atoms with E-state index in [1.807, 2.05) is 0 Å². The third-order valence-corrected chi connectivity index (χ3v) is 3.14. The van der Waals surface area contributed by atoms with E-state index in [0.29, 0.717) is 5.56 Å². The SMILES string of the molecule is CCOC(=O)c1c(C)cc(=O)n(C(C)CC(F)(F)F)c1C. The number of pyridine rings is 1. The summed E-state index contributed by atoms with van der Waals surface area (Å²) in [6, 6.07) is 0.0674. The Kier molecular flexibility index (Phi) is 5.20. The van der Waals surface area contributed by atoms with Crippen LogP contribution in [-0.2, 0) is 4.74 Å². The highest BCUT2D eigenvalue weighted by Crippen LogP contribution is 2.28. The van der Waals surface area contributed by atoms with Crippen molar-refractivity contribution in [3.8, 4) is 0 Å². The maximum absolute atomic E-state index is 12.5. The molecule has 0 radical (unpaired) electrons. The first-order valence-electron chi connectivity index (χ1n) is 6.55. The molecule has 1 rings (SSSR count). The normalized spacial score (nSPS) is 13.1. The van der Waals surface area contributed by atoms with E-state index >= 15 is 0 Å². The molecule has 0 aromatic carbocycles. The van der Waals surface area contributed by atoms with Crippen molar-refractivity contribution in [2.24, 2.45) is 0 Å². The molecule has 1 aromatic heterocycles. The van der Waals surface area contributed by atoms with Crippen molar-refractivity contribution >= 4 is 5.97 Å². The third kappa shape index (κ3) is 4.09. The topological polar surface area (TPSA) is 48.3 Å². The summed E-state index contributed by atoms with van der Waals surface area (Å²) in [5.41, 5.74) is 0.168. The Balaban J connectivity index is 3.37. The molecule has 1 unspecified atom stereocenters. The molecular formula is C14H18F3NO3. The van der Waals surface area contributed by atoms with Gasteiger partial charge in [-0.05, 0) is 33.3 Å². The predicted octanol–water partition coefficient (Wildman–Crippen LogP) is 3.16. The molecule has 0 saturated carbocycles. The van der Waals surface area contributed by atoms with E-state index < -0.39 is 30.2 Å². The molecule has 0 aliphatic carbocycles. The van der Waals surface area contributed by atoms with Gasteiger partial charge >= 0.3 is 12.1 Å². The summed E-state index contributed by atoms with van der Waals surface area (Å²) in [7, 11) is 0. The van der Waals surface area contributed by atoms with Crippen molar-refractivity contribution in [2.45, 2.75) is 46.3 Å². The molecule has 1 heterocycles. The Morgan fingerprint density at radius 3 is 2.43 bits per heavy atom. The number of hydrogen-bond donors (Lipinski definition) is 0. The molecule has 1 atom stereocenters. The van der Waals surface area contributed by atoms with Gasteiger partial charge in [-0.3, -0.25) is 4.79 Å². The summed E-state index contributed by atoms with van der Waals surface area (Å²) in [4.78, 5) is 23.9. The first kappa shape index (κ1) is 17.3. The van der Waals surface area contributed by atoms with Crippen LogP contribution in [-0.4, -0.2) is 23.3 Å². The highest BCUT2D eigenvalue weighted by molar-refractivity contribution is 5.92. The molecule has 1 aromatic rings. The highest BCUT2D eigenvalue weighted by Gasteiger charge is 2.32. The second-order valence-corrected chi connectivity index (χ2v) is 4.88. The molecule has 0 bridgehead atoms. The number of aromatic nitrogens is 1. The average molecular weight is 305 g/mol. The van der Waals surface area contributed by atoms with Crippen LogP contribution in [0.4, 0.5) is 13.2 Å². The van der Waals surface area contributed by atoms with E-state index in [2.05, 4.69) is 0 Å². The number of carbonyl (C=O) groups is 1. The van der Waals surface area contributed by atoms with Gasteiger partial charge in [0.05, 0.1) is 18.6 Å². The Bertz CT molecular complexity index is 590. The van der Waals surface area contributed by atoms with Gasteiger partial charge in [-0.25, -0.2) is 4.79 Å². The first-order valence-corrected chi connectivity index (χ1v) is 6.55. The lowest BCUT2D eigenvalue weighted by Gasteiger charge is -2.22. The van der Waals surface area contributed by atoms with Crippen LogP contribution >= 0.6 is 0 Å². The predicted molar refractivity (Wildman–Crippen MR) is 71.5 cm³/mol. The first-order chi connectivity index (χ1) is 9.58. The van der Waals surface area contributed by atoms with Crippen LogP contribution in [0, 0.1) is 13.8 Å². The van der Waals surface area contributed by atoms with Crippen molar-refractivity contribution < 1.29 is 22.7 Å². The molecular weight excluding hydrogens is 287 g/mol. The fourth-order valence-corrected chi connectivity index (χ4v) is 2.38. The quantitative estimate of drug-likeness (QED) is 0.803. The third-order valence-electron chi connectivity index (χ3n) is 3.14. The summed E-state index contributed by atoms with van der Waals surface area (Å²) in [6.07, 6.45) is -5.53. The average Bonchev–Trinajstić information content (AvgIpc) is 2.25.